The van der Waals surface area contributed by atoms with E-state index in [4.69, 9.17) is 9.29 Å². The molecule has 2 N–H and O–H groups in total. The lowest BCUT2D eigenvalue weighted by Gasteiger charge is -2.37. The van der Waals surface area contributed by atoms with E-state index < -0.39 is 33.1 Å². The number of alkyl carbamates (subject to hydrolysis) is 1. The molecule has 0 radical (unpaired) electrons. The number of ether oxygens (including phenoxy) is 1. The Hall–Kier alpha value is -0.820. The molecule has 0 aliphatic heterocycles. The SMILES string of the molecule is CC(C)(C)OC(=O)NC1(CS(=O)(=O)O)CCCCC1. The molecule has 0 aromatic rings. The van der Waals surface area contributed by atoms with Gasteiger partial charge >= 0.3 is 6.09 Å². The van der Waals surface area contributed by atoms with Crippen LogP contribution in [-0.4, -0.2) is 36.0 Å². The first-order valence-electron chi connectivity index (χ1n) is 6.48. The van der Waals surface area contributed by atoms with Crippen molar-refractivity contribution < 1.29 is 22.5 Å². The molecule has 1 rings (SSSR count). The Morgan fingerprint density at radius 1 is 1.26 bits per heavy atom. The highest BCUT2D eigenvalue weighted by atomic mass is 32.2. The summed E-state index contributed by atoms with van der Waals surface area (Å²) in [4.78, 5) is 11.8. The first-order chi connectivity index (χ1) is 8.52. The van der Waals surface area contributed by atoms with Crippen LogP contribution in [0.15, 0.2) is 0 Å². The summed E-state index contributed by atoms with van der Waals surface area (Å²) in [7, 11) is -4.14. The van der Waals surface area contributed by atoms with Gasteiger partial charge in [-0.3, -0.25) is 4.55 Å². The maximum Gasteiger partial charge on any atom is 0.408 e. The van der Waals surface area contributed by atoms with Gasteiger partial charge in [-0.25, -0.2) is 4.79 Å². The Morgan fingerprint density at radius 2 is 1.79 bits per heavy atom. The fourth-order valence-electron chi connectivity index (χ4n) is 2.40. The van der Waals surface area contributed by atoms with E-state index in [9.17, 15) is 13.2 Å². The molecular weight excluding hydrogens is 270 g/mol. The van der Waals surface area contributed by atoms with Crippen molar-refractivity contribution in [3.8, 4) is 0 Å². The van der Waals surface area contributed by atoms with E-state index in [1.54, 1.807) is 20.8 Å². The average molecular weight is 293 g/mol. The minimum absolute atomic E-state index is 0.459. The fourth-order valence-corrected chi connectivity index (χ4v) is 3.46. The summed E-state index contributed by atoms with van der Waals surface area (Å²) >= 11 is 0. The summed E-state index contributed by atoms with van der Waals surface area (Å²) in [5, 5.41) is 2.65. The standard InChI is InChI=1S/C12H23NO5S/c1-11(2,3)18-10(14)13-12(9-19(15,16)17)7-5-4-6-8-12/h4-9H2,1-3H3,(H,13,14)(H,15,16,17). The first-order valence-corrected chi connectivity index (χ1v) is 8.09. The highest BCUT2D eigenvalue weighted by Crippen LogP contribution is 2.29. The van der Waals surface area contributed by atoms with E-state index in [-0.39, 0.29) is 0 Å². The molecule has 1 amide bonds. The van der Waals surface area contributed by atoms with E-state index in [0.29, 0.717) is 12.8 Å². The summed E-state index contributed by atoms with van der Waals surface area (Å²) in [5.41, 5.74) is -1.55. The lowest BCUT2D eigenvalue weighted by molar-refractivity contribution is 0.0441. The molecule has 1 fully saturated rings. The van der Waals surface area contributed by atoms with Crippen molar-refractivity contribution in [3.63, 3.8) is 0 Å². The van der Waals surface area contributed by atoms with Crippen molar-refractivity contribution in [1.82, 2.24) is 5.32 Å². The summed E-state index contributed by atoms with van der Waals surface area (Å²) in [6.07, 6.45) is 3.08. The highest BCUT2D eigenvalue weighted by Gasteiger charge is 2.38. The molecule has 1 aliphatic rings. The molecule has 0 unspecified atom stereocenters. The minimum atomic E-state index is -4.14. The van der Waals surface area contributed by atoms with Gasteiger partial charge in [0.25, 0.3) is 10.1 Å². The largest absolute Gasteiger partial charge is 0.444 e. The molecule has 1 saturated carbocycles. The van der Waals surface area contributed by atoms with E-state index in [1.165, 1.54) is 0 Å². The predicted octanol–water partition coefficient (Wildman–Crippen LogP) is 2.10. The molecule has 0 atom stereocenters. The third-order valence-electron chi connectivity index (χ3n) is 3.04. The van der Waals surface area contributed by atoms with E-state index in [0.717, 1.165) is 19.3 Å². The second-order valence-corrected chi connectivity index (χ2v) is 7.65. The maximum atomic E-state index is 11.8. The van der Waals surface area contributed by atoms with Gasteiger partial charge in [-0.1, -0.05) is 19.3 Å². The second kappa shape index (κ2) is 5.66. The lowest BCUT2D eigenvalue weighted by atomic mass is 9.83. The fraction of sp³-hybridized carbons (Fsp3) is 0.917. The van der Waals surface area contributed by atoms with Crippen molar-refractivity contribution in [2.75, 3.05) is 5.75 Å². The third kappa shape index (κ3) is 6.24. The summed E-state index contributed by atoms with van der Waals surface area (Å²) < 4.78 is 36.5. The van der Waals surface area contributed by atoms with Crippen molar-refractivity contribution >= 4 is 16.2 Å². The maximum absolute atomic E-state index is 11.8. The van der Waals surface area contributed by atoms with Crippen LogP contribution in [0.2, 0.25) is 0 Å². The topological polar surface area (TPSA) is 92.7 Å². The van der Waals surface area contributed by atoms with Gasteiger partial charge in [-0.15, -0.1) is 0 Å². The van der Waals surface area contributed by atoms with Gasteiger partial charge in [-0.05, 0) is 33.6 Å². The average Bonchev–Trinajstić information content (AvgIpc) is 2.11. The van der Waals surface area contributed by atoms with Gasteiger partial charge in [0.05, 0.1) is 11.3 Å². The number of nitrogens with one attached hydrogen (secondary N) is 1. The Labute approximate surface area is 114 Å². The summed E-state index contributed by atoms with van der Waals surface area (Å²) in [6, 6.07) is 0. The first kappa shape index (κ1) is 16.2. The van der Waals surface area contributed by atoms with E-state index in [2.05, 4.69) is 5.32 Å². The minimum Gasteiger partial charge on any atom is -0.444 e. The molecule has 19 heavy (non-hydrogen) atoms. The van der Waals surface area contributed by atoms with Gasteiger partial charge < -0.3 is 10.1 Å². The van der Waals surface area contributed by atoms with Crippen LogP contribution in [0.5, 0.6) is 0 Å². The van der Waals surface area contributed by atoms with E-state index >= 15 is 0 Å². The molecule has 0 aromatic carbocycles. The molecule has 7 heteroatoms. The number of carbonyl (C=O) groups is 1. The molecule has 6 nitrogen and oxygen atoms in total. The second-order valence-electron chi connectivity index (χ2n) is 6.19. The van der Waals surface area contributed by atoms with Crippen molar-refractivity contribution in [2.45, 2.75) is 64.0 Å². The van der Waals surface area contributed by atoms with Crippen LogP contribution in [0.1, 0.15) is 52.9 Å². The number of rotatable bonds is 3. The Bertz CT molecular complexity index is 418. The molecule has 0 spiro atoms. The van der Waals surface area contributed by atoms with Gasteiger partial charge in [0.15, 0.2) is 0 Å². The van der Waals surface area contributed by atoms with Gasteiger partial charge in [0, 0.05) is 0 Å². The number of amides is 1. The summed E-state index contributed by atoms with van der Waals surface area (Å²) in [6.45, 7) is 5.22. The zero-order chi connectivity index (χ0) is 14.7. The molecule has 0 heterocycles. The quantitative estimate of drug-likeness (QED) is 0.777. The molecule has 0 bridgehead atoms. The third-order valence-corrected chi connectivity index (χ3v) is 3.95. The smallest absolute Gasteiger partial charge is 0.408 e. The normalized spacial score (nSPS) is 19.8. The Kier molecular flexibility index (Phi) is 4.84. The van der Waals surface area contributed by atoms with Crippen LogP contribution in [0.25, 0.3) is 0 Å². The number of hydrogen-bond acceptors (Lipinski definition) is 4. The zero-order valence-corrected chi connectivity index (χ0v) is 12.5. The number of hydrogen-bond donors (Lipinski definition) is 2. The molecule has 112 valence electrons. The van der Waals surface area contributed by atoms with E-state index in [1.807, 2.05) is 0 Å². The summed E-state index contributed by atoms with van der Waals surface area (Å²) in [5.74, 6) is -0.459. The number of carbonyl (C=O) groups excluding carboxylic acids is 1. The van der Waals surface area contributed by atoms with Crippen LogP contribution < -0.4 is 5.32 Å². The lowest BCUT2D eigenvalue weighted by Crippen LogP contribution is -2.55. The highest BCUT2D eigenvalue weighted by molar-refractivity contribution is 7.85. The van der Waals surface area contributed by atoms with Gasteiger partial charge in [0.1, 0.15) is 5.60 Å². The van der Waals surface area contributed by atoms with Crippen LogP contribution in [0.4, 0.5) is 4.79 Å². The molecule has 0 aromatic heterocycles. The zero-order valence-electron chi connectivity index (χ0n) is 11.7. The Balaban J connectivity index is 2.77. The van der Waals surface area contributed by atoms with Crippen LogP contribution >= 0.6 is 0 Å². The van der Waals surface area contributed by atoms with Gasteiger partial charge in [-0.2, -0.15) is 8.42 Å². The molecule has 1 aliphatic carbocycles. The monoisotopic (exact) mass is 293 g/mol. The van der Waals surface area contributed by atoms with Crippen LogP contribution in [0.3, 0.4) is 0 Å². The molecular formula is C12H23NO5S. The van der Waals surface area contributed by atoms with Crippen molar-refractivity contribution in [2.24, 2.45) is 0 Å². The van der Waals surface area contributed by atoms with Gasteiger partial charge in [0.2, 0.25) is 0 Å². The van der Waals surface area contributed by atoms with Crippen molar-refractivity contribution in [1.29, 1.82) is 0 Å². The van der Waals surface area contributed by atoms with Crippen molar-refractivity contribution in [3.05, 3.63) is 0 Å². The molecule has 0 saturated heterocycles. The van der Waals surface area contributed by atoms with Crippen LogP contribution in [-0.2, 0) is 14.9 Å². The Morgan fingerprint density at radius 3 is 2.21 bits per heavy atom. The van der Waals surface area contributed by atoms with Crippen LogP contribution in [0, 0.1) is 0 Å². The predicted molar refractivity (Wildman–Crippen MR) is 71.6 cm³/mol.